The standard InChI is InChI=1S/C17H27BN2O4.2ClH/c1-20(15-5-3-2-4-6-15)12-14-8-7-13(9-10-18(23)24)11-17(14,19)16(21)22;;/h2-6,13-14,23-24H,7-12,19H2,1H3,(H,21,22);2*1H. The second-order valence-electron chi connectivity index (χ2n) is 6.96. The Morgan fingerprint density at radius 3 is 2.42 bits per heavy atom. The highest BCUT2D eigenvalue weighted by Crippen LogP contribution is 2.39. The van der Waals surface area contributed by atoms with Crippen molar-refractivity contribution in [1.82, 2.24) is 0 Å². The monoisotopic (exact) mass is 406 g/mol. The van der Waals surface area contributed by atoms with Gasteiger partial charge in [0.05, 0.1) is 0 Å². The summed E-state index contributed by atoms with van der Waals surface area (Å²) in [4.78, 5) is 13.9. The van der Waals surface area contributed by atoms with Crippen LogP contribution in [0.2, 0.25) is 6.32 Å². The van der Waals surface area contributed by atoms with Crippen molar-refractivity contribution in [3.63, 3.8) is 0 Å². The van der Waals surface area contributed by atoms with Crippen LogP contribution >= 0.6 is 24.8 Å². The van der Waals surface area contributed by atoms with Crippen LogP contribution in [0.3, 0.4) is 0 Å². The Hall–Kier alpha value is -0.985. The molecule has 9 heteroatoms. The second-order valence-corrected chi connectivity index (χ2v) is 6.96. The molecular formula is C17H29BCl2N2O4. The zero-order valence-corrected chi connectivity index (χ0v) is 16.6. The van der Waals surface area contributed by atoms with Gasteiger partial charge in [-0.1, -0.05) is 24.6 Å². The highest BCUT2D eigenvalue weighted by atomic mass is 35.5. The van der Waals surface area contributed by atoms with Crippen molar-refractivity contribution >= 4 is 43.6 Å². The van der Waals surface area contributed by atoms with E-state index in [4.69, 9.17) is 15.8 Å². The van der Waals surface area contributed by atoms with Gasteiger partial charge in [0, 0.05) is 25.2 Å². The fourth-order valence-corrected chi connectivity index (χ4v) is 3.71. The number of para-hydroxylation sites is 1. The summed E-state index contributed by atoms with van der Waals surface area (Å²) in [7, 11) is 0.607. The fourth-order valence-electron chi connectivity index (χ4n) is 3.71. The topological polar surface area (TPSA) is 107 Å². The van der Waals surface area contributed by atoms with Gasteiger partial charge in [-0.05, 0) is 43.6 Å². The number of hydrogen-bond acceptors (Lipinski definition) is 5. The zero-order chi connectivity index (χ0) is 17.7. The maximum absolute atomic E-state index is 11.8. The summed E-state index contributed by atoms with van der Waals surface area (Å²) in [5, 5.41) is 27.7. The van der Waals surface area contributed by atoms with Crippen molar-refractivity contribution in [3.8, 4) is 0 Å². The van der Waals surface area contributed by atoms with Crippen LogP contribution in [0.25, 0.3) is 0 Å². The van der Waals surface area contributed by atoms with E-state index in [9.17, 15) is 9.90 Å². The van der Waals surface area contributed by atoms with Crippen LogP contribution in [0.15, 0.2) is 30.3 Å². The minimum atomic E-state index is -1.34. The molecule has 1 aromatic carbocycles. The minimum Gasteiger partial charge on any atom is -0.480 e. The number of benzene rings is 1. The molecule has 1 aliphatic rings. The Labute approximate surface area is 167 Å². The van der Waals surface area contributed by atoms with Gasteiger partial charge in [-0.2, -0.15) is 0 Å². The molecule has 1 fully saturated rings. The fraction of sp³-hybridized carbons (Fsp3) is 0.588. The van der Waals surface area contributed by atoms with E-state index in [-0.39, 0.29) is 43.0 Å². The SMILES string of the molecule is CN(CC1CCC(CCB(O)O)CC1(N)C(=O)O)c1ccccc1.Cl.Cl. The molecule has 0 aromatic heterocycles. The molecule has 1 saturated carbocycles. The van der Waals surface area contributed by atoms with Gasteiger partial charge in [0.2, 0.25) is 0 Å². The lowest BCUT2D eigenvalue weighted by atomic mass is 9.66. The van der Waals surface area contributed by atoms with E-state index in [0.29, 0.717) is 19.4 Å². The van der Waals surface area contributed by atoms with Crippen molar-refractivity contribution in [2.45, 2.75) is 37.5 Å². The van der Waals surface area contributed by atoms with Crippen molar-refractivity contribution in [2.24, 2.45) is 17.6 Å². The van der Waals surface area contributed by atoms with Crippen molar-refractivity contribution in [1.29, 1.82) is 0 Å². The lowest BCUT2D eigenvalue weighted by Crippen LogP contribution is -2.59. The van der Waals surface area contributed by atoms with Gasteiger partial charge in [0.1, 0.15) is 5.54 Å². The summed E-state index contributed by atoms with van der Waals surface area (Å²) >= 11 is 0. The third-order valence-corrected chi connectivity index (χ3v) is 5.20. The Balaban J connectivity index is 0.00000312. The number of hydrogen-bond donors (Lipinski definition) is 4. The molecule has 0 aliphatic heterocycles. The van der Waals surface area contributed by atoms with Crippen molar-refractivity contribution < 1.29 is 19.9 Å². The maximum Gasteiger partial charge on any atom is 0.451 e. The highest BCUT2D eigenvalue weighted by Gasteiger charge is 2.47. The number of anilines is 1. The average molecular weight is 407 g/mol. The molecule has 0 radical (unpaired) electrons. The normalized spacial score (nSPS) is 24.8. The molecule has 0 saturated heterocycles. The number of halogens is 2. The van der Waals surface area contributed by atoms with E-state index in [2.05, 4.69) is 0 Å². The second kappa shape index (κ2) is 11.0. The van der Waals surface area contributed by atoms with Crippen molar-refractivity contribution in [3.05, 3.63) is 30.3 Å². The van der Waals surface area contributed by atoms with Crippen LogP contribution in [0.5, 0.6) is 0 Å². The largest absolute Gasteiger partial charge is 0.480 e. The molecule has 1 aliphatic carbocycles. The first-order valence-corrected chi connectivity index (χ1v) is 8.47. The lowest BCUT2D eigenvalue weighted by Gasteiger charge is -2.43. The smallest absolute Gasteiger partial charge is 0.451 e. The lowest BCUT2D eigenvalue weighted by molar-refractivity contribution is -0.147. The van der Waals surface area contributed by atoms with Crippen molar-refractivity contribution in [2.75, 3.05) is 18.5 Å². The first kappa shape index (κ1) is 25.0. The Bertz CT molecular complexity index is 553. The van der Waals surface area contributed by atoms with Gasteiger partial charge in [-0.15, -0.1) is 24.8 Å². The van der Waals surface area contributed by atoms with Gasteiger partial charge in [-0.25, -0.2) is 0 Å². The Morgan fingerprint density at radius 2 is 1.88 bits per heavy atom. The number of nitrogens with zero attached hydrogens (tertiary/aromatic N) is 1. The van der Waals surface area contributed by atoms with E-state index in [1.807, 2.05) is 42.3 Å². The molecule has 1 aromatic rings. The van der Waals surface area contributed by atoms with Crippen LogP contribution in [0.4, 0.5) is 5.69 Å². The van der Waals surface area contributed by atoms with Gasteiger partial charge < -0.3 is 25.8 Å². The van der Waals surface area contributed by atoms with Gasteiger partial charge in [0.25, 0.3) is 0 Å². The summed E-state index contributed by atoms with van der Waals surface area (Å²) in [5.74, 6) is -0.995. The summed E-state index contributed by atoms with van der Waals surface area (Å²) in [6.45, 7) is 0.585. The molecule has 0 amide bonds. The number of carboxylic acids is 1. The molecule has 0 bridgehead atoms. The first-order chi connectivity index (χ1) is 11.3. The number of rotatable bonds is 7. The first-order valence-electron chi connectivity index (χ1n) is 8.47. The number of nitrogens with two attached hydrogens (primary N) is 1. The van der Waals surface area contributed by atoms with E-state index in [0.717, 1.165) is 18.5 Å². The van der Waals surface area contributed by atoms with Gasteiger partial charge in [-0.3, -0.25) is 4.79 Å². The number of carboxylic acid groups (broad SMARTS) is 1. The molecule has 3 unspecified atom stereocenters. The molecule has 3 atom stereocenters. The number of aliphatic carboxylic acids is 1. The average Bonchev–Trinajstić information content (AvgIpc) is 2.55. The molecule has 148 valence electrons. The van der Waals surface area contributed by atoms with Crippen LogP contribution in [-0.2, 0) is 4.79 Å². The van der Waals surface area contributed by atoms with E-state index in [1.165, 1.54) is 0 Å². The summed E-state index contributed by atoms with van der Waals surface area (Å²) in [6, 6.07) is 9.84. The van der Waals surface area contributed by atoms with Crippen LogP contribution in [0.1, 0.15) is 25.7 Å². The molecule has 6 nitrogen and oxygen atoms in total. The van der Waals surface area contributed by atoms with Gasteiger partial charge >= 0.3 is 13.1 Å². The highest BCUT2D eigenvalue weighted by molar-refractivity contribution is 6.40. The summed E-state index contributed by atoms with van der Waals surface area (Å²) in [5.41, 5.74) is 6.08. The molecule has 2 rings (SSSR count). The predicted octanol–water partition coefficient (Wildman–Crippen LogP) is 2.03. The van der Waals surface area contributed by atoms with E-state index < -0.39 is 18.6 Å². The summed E-state index contributed by atoms with van der Waals surface area (Å²) < 4.78 is 0. The third kappa shape index (κ3) is 6.32. The predicted molar refractivity (Wildman–Crippen MR) is 109 cm³/mol. The number of carbonyl (C=O) groups is 1. The Morgan fingerprint density at radius 1 is 1.27 bits per heavy atom. The van der Waals surface area contributed by atoms with Gasteiger partial charge in [0.15, 0.2) is 0 Å². The van der Waals surface area contributed by atoms with E-state index >= 15 is 0 Å². The Kier molecular flexibility index (Phi) is 10.6. The van der Waals surface area contributed by atoms with Crippen LogP contribution in [0, 0.1) is 11.8 Å². The molecular weight excluding hydrogens is 378 g/mol. The van der Waals surface area contributed by atoms with Crippen LogP contribution < -0.4 is 10.6 Å². The van der Waals surface area contributed by atoms with E-state index in [1.54, 1.807) is 0 Å². The minimum absolute atomic E-state index is 0. The summed E-state index contributed by atoms with van der Waals surface area (Å²) in [6.07, 6.45) is 2.82. The molecule has 0 spiro atoms. The van der Waals surface area contributed by atoms with Crippen LogP contribution in [-0.4, -0.2) is 47.4 Å². The molecule has 26 heavy (non-hydrogen) atoms. The third-order valence-electron chi connectivity index (χ3n) is 5.20. The molecule has 0 heterocycles. The zero-order valence-electron chi connectivity index (χ0n) is 15.0. The quantitative estimate of drug-likeness (QED) is 0.516. The molecule has 5 N–H and O–H groups in total. The maximum atomic E-state index is 11.8.